The van der Waals surface area contributed by atoms with Crippen LogP contribution in [0.2, 0.25) is 0 Å². The molecule has 0 spiro atoms. The third-order valence-corrected chi connectivity index (χ3v) is 6.14. The first kappa shape index (κ1) is 25.2. The molecule has 0 amide bonds. The van der Waals surface area contributed by atoms with Gasteiger partial charge in [-0.15, -0.1) is 0 Å². The molecule has 0 radical (unpaired) electrons. The molecule has 9 nitrogen and oxygen atoms in total. The van der Waals surface area contributed by atoms with Gasteiger partial charge in [0, 0.05) is 22.6 Å². The summed E-state index contributed by atoms with van der Waals surface area (Å²) in [6.45, 7) is 2.98. The number of rotatable bonds is 7. The molecule has 0 saturated heterocycles. The Balaban J connectivity index is 1.89. The third-order valence-electron chi connectivity index (χ3n) is 6.14. The maximum absolute atomic E-state index is 12.9. The highest BCUT2D eigenvalue weighted by Crippen LogP contribution is 2.29. The number of aliphatic hydroxyl groups is 1. The van der Waals surface area contributed by atoms with Crippen molar-refractivity contribution in [3.63, 3.8) is 0 Å². The van der Waals surface area contributed by atoms with Crippen molar-refractivity contribution >= 4 is 23.7 Å². The van der Waals surface area contributed by atoms with Crippen LogP contribution in [0.4, 0.5) is 0 Å². The molecule has 182 valence electrons. The lowest BCUT2D eigenvalue weighted by molar-refractivity contribution is -0.167. The van der Waals surface area contributed by atoms with Crippen molar-refractivity contribution in [2.75, 3.05) is 20.8 Å². The number of ketones is 1. The first-order valence-electron chi connectivity index (χ1n) is 11.0. The molecule has 3 rings (SSSR count). The number of hydrogen-bond acceptors (Lipinski definition) is 8. The molecule has 1 saturated carbocycles. The number of esters is 3. The van der Waals surface area contributed by atoms with Crippen molar-refractivity contribution in [3.8, 4) is 5.69 Å². The van der Waals surface area contributed by atoms with Gasteiger partial charge < -0.3 is 23.9 Å². The van der Waals surface area contributed by atoms with E-state index in [0.29, 0.717) is 35.5 Å². The van der Waals surface area contributed by atoms with Crippen molar-refractivity contribution in [2.45, 2.75) is 51.6 Å². The van der Waals surface area contributed by atoms with Gasteiger partial charge in [0.15, 0.2) is 12.2 Å². The largest absolute Gasteiger partial charge is 0.465 e. The molecule has 0 aliphatic heterocycles. The zero-order chi connectivity index (χ0) is 25.0. The van der Waals surface area contributed by atoms with Crippen LogP contribution < -0.4 is 0 Å². The lowest BCUT2D eigenvalue weighted by Gasteiger charge is -2.29. The van der Waals surface area contributed by atoms with E-state index in [4.69, 9.17) is 14.2 Å². The predicted octanol–water partition coefficient (Wildman–Crippen LogP) is 3.09. The summed E-state index contributed by atoms with van der Waals surface area (Å²) in [6, 6.07) is 6.11. The molecule has 9 heteroatoms. The monoisotopic (exact) mass is 471 g/mol. The van der Waals surface area contributed by atoms with Crippen molar-refractivity contribution in [3.05, 3.63) is 52.3 Å². The van der Waals surface area contributed by atoms with Crippen LogP contribution in [0.3, 0.4) is 0 Å². The highest BCUT2D eigenvalue weighted by molar-refractivity contribution is 6.00. The van der Waals surface area contributed by atoms with Crippen LogP contribution in [-0.4, -0.2) is 59.8 Å². The summed E-state index contributed by atoms with van der Waals surface area (Å²) < 4.78 is 16.5. The number of hydrogen-bond donors (Lipinski definition) is 1. The van der Waals surface area contributed by atoms with Crippen LogP contribution in [0.5, 0.6) is 0 Å². The topological polar surface area (TPSA) is 121 Å². The number of aromatic nitrogens is 1. The highest BCUT2D eigenvalue weighted by Gasteiger charge is 2.39. The van der Waals surface area contributed by atoms with Gasteiger partial charge in [-0.25, -0.2) is 14.4 Å². The van der Waals surface area contributed by atoms with Gasteiger partial charge in [-0.2, -0.15) is 0 Å². The first-order valence-corrected chi connectivity index (χ1v) is 11.0. The van der Waals surface area contributed by atoms with Crippen LogP contribution >= 0.6 is 0 Å². The van der Waals surface area contributed by atoms with Gasteiger partial charge in [0.05, 0.1) is 25.3 Å². The van der Waals surface area contributed by atoms with E-state index in [-0.39, 0.29) is 11.1 Å². The van der Waals surface area contributed by atoms with Gasteiger partial charge in [-0.05, 0) is 63.8 Å². The summed E-state index contributed by atoms with van der Waals surface area (Å²) in [5.41, 5.74) is 0.748. The van der Waals surface area contributed by atoms with E-state index in [0.717, 1.165) is 19.3 Å². The van der Waals surface area contributed by atoms with Gasteiger partial charge in [-0.1, -0.05) is 6.42 Å². The van der Waals surface area contributed by atoms with Crippen molar-refractivity contribution in [1.29, 1.82) is 0 Å². The first-order chi connectivity index (χ1) is 16.1. The van der Waals surface area contributed by atoms with Gasteiger partial charge in [0.25, 0.3) is 0 Å². The van der Waals surface area contributed by atoms with Crippen molar-refractivity contribution in [1.82, 2.24) is 4.57 Å². The fraction of sp³-hybridized carbons (Fsp3) is 0.440. The molecule has 0 bridgehead atoms. The Hall–Kier alpha value is -3.46. The molecule has 1 aromatic heterocycles. The number of carbonyl (C=O) groups is 4. The maximum Gasteiger partial charge on any atom is 0.338 e. The second-order valence-electron chi connectivity index (χ2n) is 8.46. The minimum atomic E-state index is -1.53. The van der Waals surface area contributed by atoms with Crippen LogP contribution in [0.25, 0.3) is 5.69 Å². The summed E-state index contributed by atoms with van der Waals surface area (Å²) >= 11 is 0. The Morgan fingerprint density at radius 2 is 1.47 bits per heavy atom. The predicted molar refractivity (Wildman–Crippen MR) is 121 cm³/mol. The van der Waals surface area contributed by atoms with Crippen LogP contribution in [0.1, 0.15) is 74.6 Å². The Bertz CT molecular complexity index is 1090. The molecule has 0 atom stereocenters. The molecule has 1 fully saturated rings. The van der Waals surface area contributed by atoms with Gasteiger partial charge in [0.2, 0.25) is 5.78 Å². The number of ether oxygens (including phenoxy) is 3. The molecule has 1 aromatic carbocycles. The zero-order valence-corrected chi connectivity index (χ0v) is 19.8. The second-order valence-corrected chi connectivity index (χ2v) is 8.46. The molecule has 34 heavy (non-hydrogen) atoms. The number of carbonyl (C=O) groups excluding carboxylic acids is 4. The summed E-state index contributed by atoms with van der Waals surface area (Å²) in [5, 5.41) is 10.5. The van der Waals surface area contributed by atoms with Crippen molar-refractivity contribution in [2.24, 2.45) is 0 Å². The second kappa shape index (κ2) is 10.2. The molecular formula is C25H29NO8. The number of Topliss-reactive ketones (excluding diaryl/α,β-unsaturated/α-hetero) is 1. The van der Waals surface area contributed by atoms with Crippen LogP contribution in [0.15, 0.2) is 24.3 Å². The van der Waals surface area contributed by atoms with E-state index in [1.54, 1.807) is 36.6 Å². The maximum atomic E-state index is 12.9. The molecule has 1 N–H and O–H groups in total. The highest BCUT2D eigenvalue weighted by atomic mass is 16.6. The lowest BCUT2D eigenvalue weighted by Crippen LogP contribution is -2.42. The van der Waals surface area contributed by atoms with Crippen LogP contribution in [0, 0.1) is 13.8 Å². The quantitative estimate of drug-likeness (QED) is 0.372. The van der Waals surface area contributed by atoms with Crippen molar-refractivity contribution < 1.29 is 38.5 Å². The van der Waals surface area contributed by atoms with Gasteiger partial charge >= 0.3 is 17.9 Å². The van der Waals surface area contributed by atoms with E-state index >= 15 is 0 Å². The fourth-order valence-electron chi connectivity index (χ4n) is 4.34. The van der Waals surface area contributed by atoms with Crippen LogP contribution in [-0.2, 0) is 19.0 Å². The summed E-state index contributed by atoms with van der Waals surface area (Å²) in [6.07, 6.45) is 3.08. The molecule has 1 aliphatic rings. The van der Waals surface area contributed by atoms with E-state index in [9.17, 15) is 24.3 Å². The summed E-state index contributed by atoms with van der Waals surface area (Å²) in [5.74, 6) is -2.45. The Labute approximate surface area is 197 Å². The Morgan fingerprint density at radius 3 is 2.00 bits per heavy atom. The molecule has 0 unspecified atom stereocenters. The standard InChI is InChI=1S/C25H29NO8/c1-15-10-20(21(27)14-34-24(30)25(31)8-6-5-7-9-25)16(2)26(15)19-12-17(22(28)32-3)11-18(13-19)23(29)33-4/h10-13,31H,5-9,14H2,1-4H3. The summed E-state index contributed by atoms with van der Waals surface area (Å²) in [7, 11) is 2.47. The molecule has 1 heterocycles. The van der Waals surface area contributed by atoms with E-state index in [1.165, 1.54) is 20.3 Å². The zero-order valence-electron chi connectivity index (χ0n) is 19.8. The van der Waals surface area contributed by atoms with Gasteiger partial charge in [0.1, 0.15) is 0 Å². The van der Waals surface area contributed by atoms with E-state index < -0.39 is 35.9 Å². The Morgan fingerprint density at radius 1 is 0.912 bits per heavy atom. The minimum Gasteiger partial charge on any atom is -0.465 e. The molecule has 2 aromatic rings. The van der Waals surface area contributed by atoms with E-state index in [1.807, 2.05) is 0 Å². The molecular weight excluding hydrogens is 442 g/mol. The number of methoxy groups -OCH3 is 2. The third kappa shape index (κ3) is 5.04. The SMILES string of the molecule is COC(=O)c1cc(C(=O)OC)cc(-n2c(C)cc(C(=O)COC(=O)C3(O)CCCCC3)c2C)c1. The molecule has 1 aliphatic carbocycles. The van der Waals surface area contributed by atoms with Gasteiger partial charge in [-0.3, -0.25) is 4.79 Å². The minimum absolute atomic E-state index is 0.149. The Kier molecular flexibility index (Phi) is 7.56. The normalized spacial score (nSPS) is 14.9. The van der Waals surface area contributed by atoms with E-state index in [2.05, 4.69) is 0 Å². The lowest BCUT2D eigenvalue weighted by atomic mass is 9.85. The smallest absolute Gasteiger partial charge is 0.338 e. The number of aryl methyl sites for hydroxylation is 1. The fourth-order valence-corrected chi connectivity index (χ4v) is 4.34. The number of nitrogens with zero attached hydrogens (tertiary/aromatic N) is 1. The average molecular weight is 472 g/mol. The average Bonchev–Trinajstić information content (AvgIpc) is 3.14. The number of benzene rings is 1. The summed E-state index contributed by atoms with van der Waals surface area (Å²) in [4.78, 5) is 49.5.